The highest BCUT2D eigenvalue weighted by molar-refractivity contribution is 6.33. The van der Waals surface area contributed by atoms with E-state index in [0.717, 1.165) is 16.5 Å². The van der Waals surface area contributed by atoms with Gasteiger partial charge in [0.1, 0.15) is 22.9 Å². The summed E-state index contributed by atoms with van der Waals surface area (Å²) >= 11 is 6.32. The van der Waals surface area contributed by atoms with E-state index in [2.05, 4.69) is 20.6 Å². The Bertz CT molecular complexity index is 1310. The molecular weight excluding hydrogens is 430 g/mol. The minimum Gasteiger partial charge on any atom is -0.458 e. The van der Waals surface area contributed by atoms with Crippen LogP contribution < -0.4 is 16.4 Å². The number of carbonyl (C=O) groups is 2. The van der Waals surface area contributed by atoms with Crippen LogP contribution in [0.15, 0.2) is 53.2 Å². The number of para-hydroxylation sites is 1. The number of aromatic nitrogens is 2. The van der Waals surface area contributed by atoms with Gasteiger partial charge in [0.05, 0.1) is 17.1 Å². The standard InChI is InChI=1S/C23H22ClN5O3/c1-12(2)29-20-8-17(18(24)11-27-20)14-7-19(26-9-14)23(31)28-10-15-6-13-4-3-5-16(22(25)30)21(13)32-15/h3-9,11-12,26H,10H2,1-2H3,(H2,25,30)(H,27,29)(H,28,31). The molecule has 32 heavy (non-hydrogen) atoms. The van der Waals surface area contributed by atoms with Crippen LogP contribution in [0.2, 0.25) is 5.02 Å². The van der Waals surface area contributed by atoms with Gasteiger partial charge >= 0.3 is 0 Å². The fourth-order valence-corrected chi connectivity index (χ4v) is 3.59. The van der Waals surface area contributed by atoms with E-state index < -0.39 is 5.91 Å². The van der Waals surface area contributed by atoms with Crippen LogP contribution in [0.5, 0.6) is 0 Å². The van der Waals surface area contributed by atoms with Crippen molar-refractivity contribution in [2.24, 2.45) is 5.73 Å². The van der Waals surface area contributed by atoms with Gasteiger partial charge < -0.3 is 25.8 Å². The first kappa shape index (κ1) is 21.5. The summed E-state index contributed by atoms with van der Waals surface area (Å²) in [7, 11) is 0. The van der Waals surface area contributed by atoms with Crippen LogP contribution in [-0.2, 0) is 6.54 Å². The Balaban J connectivity index is 1.49. The number of hydrogen-bond acceptors (Lipinski definition) is 5. The van der Waals surface area contributed by atoms with Crippen LogP contribution in [0.1, 0.15) is 40.5 Å². The number of aromatic amines is 1. The number of hydrogen-bond donors (Lipinski definition) is 4. The smallest absolute Gasteiger partial charge is 0.268 e. The van der Waals surface area contributed by atoms with Crippen molar-refractivity contribution < 1.29 is 14.0 Å². The topological polar surface area (TPSA) is 126 Å². The zero-order valence-electron chi connectivity index (χ0n) is 17.5. The summed E-state index contributed by atoms with van der Waals surface area (Å²) in [5.41, 5.74) is 8.00. The van der Waals surface area contributed by atoms with E-state index in [0.29, 0.717) is 33.4 Å². The molecule has 2 amide bonds. The van der Waals surface area contributed by atoms with Gasteiger partial charge in [-0.1, -0.05) is 23.7 Å². The van der Waals surface area contributed by atoms with Gasteiger partial charge in [-0.15, -0.1) is 0 Å². The van der Waals surface area contributed by atoms with Crippen LogP contribution in [-0.4, -0.2) is 27.8 Å². The third kappa shape index (κ3) is 4.45. The predicted molar refractivity (Wildman–Crippen MR) is 124 cm³/mol. The number of anilines is 1. The Morgan fingerprint density at radius 2 is 2.06 bits per heavy atom. The summed E-state index contributed by atoms with van der Waals surface area (Å²) in [6, 6.07) is 10.7. The first-order valence-electron chi connectivity index (χ1n) is 10.0. The molecule has 0 radical (unpaired) electrons. The number of benzene rings is 1. The molecule has 4 aromatic rings. The van der Waals surface area contributed by atoms with Gasteiger partial charge in [-0.3, -0.25) is 9.59 Å². The number of fused-ring (bicyclic) bond motifs is 1. The zero-order valence-corrected chi connectivity index (χ0v) is 18.3. The second kappa shape index (κ2) is 8.76. The molecule has 0 atom stereocenters. The maximum atomic E-state index is 12.6. The lowest BCUT2D eigenvalue weighted by molar-refractivity contribution is 0.0942. The van der Waals surface area contributed by atoms with E-state index in [1.165, 1.54) is 0 Å². The van der Waals surface area contributed by atoms with Crippen molar-refractivity contribution >= 4 is 40.2 Å². The van der Waals surface area contributed by atoms with Gasteiger partial charge in [0.15, 0.2) is 0 Å². The average molecular weight is 452 g/mol. The lowest BCUT2D eigenvalue weighted by Gasteiger charge is -2.10. The monoisotopic (exact) mass is 451 g/mol. The Morgan fingerprint density at radius 1 is 1.25 bits per heavy atom. The van der Waals surface area contributed by atoms with Crippen molar-refractivity contribution in [1.82, 2.24) is 15.3 Å². The highest BCUT2D eigenvalue weighted by Gasteiger charge is 2.15. The number of rotatable bonds is 7. The second-order valence-corrected chi connectivity index (χ2v) is 8.04. The highest BCUT2D eigenvalue weighted by Crippen LogP contribution is 2.30. The van der Waals surface area contributed by atoms with Crippen molar-refractivity contribution in [2.45, 2.75) is 26.4 Å². The van der Waals surface area contributed by atoms with Crippen molar-refractivity contribution in [3.63, 3.8) is 0 Å². The summed E-state index contributed by atoms with van der Waals surface area (Å²) in [5.74, 6) is 0.334. The number of halogens is 1. The quantitative estimate of drug-likeness (QED) is 0.333. The molecule has 0 aliphatic rings. The molecule has 8 nitrogen and oxygen atoms in total. The number of nitrogens with one attached hydrogen (secondary N) is 3. The number of nitrogens with two attached hydrogens (primary N) is 1. The number of amides is 2. The molecule has 0 saturated heterocycles. The predicted octanol–water partition coefficient (Wildman–Crippen LogP) is 4.33. The van der Waals surface area contributed by atoms with Gasteiger partial charge in [0, 0.05) is 34.9 Å². The van der Waals surface area contributed by atoms with Crippen LogP contribution in [0, 0.1) is 0 Å². The Labute approximate surface area is 189 Å². The third-order valence-electron chi connectivity index (χ3n) is 4.81. The van der Waals surface area contributed by atoms with Crippen LogP contribution in [0.3, 0.4) is 0 Å². The Kier molecular flexibility index (Phi) is 5.87. The lowest BCUT2D eigenvalue weighted by atomic mass is 10.1. The second-order valence-electron chi connectivity index (χ2n) is 7.63. The molecule has 0 aliphatic heterocycles. The number of furan rings is 1. The molecular formula is C23H22ClN5O3. The summed E-state index contributed by atoms with van der Waals surface area (Å²) in [5, 5.41) is 7.26. The van der Waals surface area contributed by atoms with Crippen LogP contribution in [0.4, 0.5) is 5.82 Å². The van der Waals surface area contributed by atoms with E-state index in [4.69, 9.17) is 21.8 Å². The molecule has 164 valence electrons. The highest BCUT2D eigenvalue weighted by atomic mass is 35.5. The Morgan fingerprint density at radius 3 is 2.81 bits per heavy atom. The molecule has 9 heteroatoms. The van der Waals surface area contributed by atoms with E-state index in [1.54, 1.807) is 36.7 Å². The summed E-state index contributed by atoms with van der Waals surface area (Å²) in [6.45, 7) is 4.19. The lowest BCUT2D eigenvalue weighted by Crippen LogP contribution is -2.22. The minimum absolute atomic E-state index is 0.151. The van der Waals surface area contributed by atoms with Crippen LogP contribution in [0.25, 0.3) is 22.1 Å². The summed E-state index contributed by atoms with van der Waals surface area (Å²) in [6.07, 6.45) is 3.30. The normalized spacial score (nSPS) is 11.1. The molecule has 0 unspecified atom stereocenters. The molecule has 0 fully saturated rings. The maximum Gasteiger partial charge on any atom is 0.268 e. The van der Waals surface area contributed by atoms with E-state index >= 15 is 0 Å². The molecule has 3 aromatic heterocycles. The molecule has 1 aromatic carbocycles. The molecule has 4 rings (SSSR count). The van der Waals surface area contributed by atoms with Gasteiger partial charge in [0.25, 0.3) is 11.8 Å². The fourth-order valence-electron chi connectivity index (χ4n) is 3.38. The largest absolute Gasteiger partial charge is 0.458 e. The van der Waals surface area contributed by atoms with E-state index in [9.17, 15) is 9.59 Å². The molecule has 3 heterocycles. The number of nitrogens with zero attached hydrogens (tertiary/aromatic N) is 1. The van der Waals surface area contributed by atoms with Crippen molar-refractivity contribution in [3.8, 4) is 11.1 Å². The number of carbonyl (C=O) groups excluding carboxylic acids is 2. The molecule has 5 N–H and O–H groups in total. The van der Waals surface area contributed by atoms with Gasteiger partial charge in [-0.25, -0.2) is 4.98 Å². The number of H-pyrrole nitrogens is 1. The summed E-state index contributed by atoms with van der Waals surface area (Å²) in [4.78, 5) is 31.4. The Hall–Kier alpha value is -3.78. The maximum absolute atomic E-state index is 12.6. The zero-order chi connectivity index (χ0) is 22.8. The van der Waals surface area contributed by atoms with E-state index in [1.807, 2.05) is 26.0 Å². The molecule has 0 bridgehead atoms. The fraction of sp³-hybridized carbons (Fsp3) is 0.174. The number of pyridine rings is 1. The van der Waals surface area contributed by atoms with Crippen molar-refractivity contribution in [1.29, 1.82) is 0 Å². The van der Waals surface area contributed by atoms with Crippen molar-refractivity contribution in [2.75, 3.05) is 5.32 Å². The SMILES string of the molecule is CC(C)Nc1cc(-c2c[nH]c(C(=O)NCc3cc4cccc(C(N)=O)c4o3)c2)c(Cl)cn1. The molecule has 0 aliphatic carbocycles. The van der Waals surface area contributed by atoms with Crippen molar-refractivity contribution in [3.05, 3.63) is 70.8 Å². The van der Waals surface area contributed by atoms with Crippen LogP contribution >= 0.6 is 11.6 Å². The number of primary amides is 1. The average Bonchev–Trinajstić information content (AvgIpc) is 3.39. The van der Waals surface area contributed by atoms with Gasteiger partial charge in [0.2, 0.25) is 0 Å². The van der Waals surface area contributed by atoms with Gasteiger partial charge in [-0.2, -0.15) is 0 Å². The summed E-state index contributed by atoms with van der Waals surface area (Å²) < 4.78 is 5.72. The molecule has 0 saturated carbocycles. The first-order chi connectivity index (χ1) is 15.3. The minimum atomic E-state index is -0.569. The first-order valence-corrected chi connectivity index (χ1v) is 10.4. The molecule has 0 spiro atoms. The third-order valence-corrected chi connectivity index (χ3v) is 5.12. The van der Waals surface area contributed by atoms with E-state index in [-0.39, 0.29) is 18.5 Å². The van der Waals surface area contributed by atoms with Gasteiger partial charge in [-0.05, 0) is 38.1 Å².